The molecule has 0 aliphatic rings. The van der Waals surface area contributed by atoms with Gasteiger partial charge in [-0.25, -0.2) is 0 Å². The van der Waals surface area contributed by atoms with E-state index in [-0.39, 0.29) is 13.1 Å². The van der Waals surface area contributed by atoms with E-state index in [0.717, 1.165) is 17.1 Å². The van der Waals surface area contributed by atoms with Crippen LogP contribution in [0.5, 0.6) is 0 Å². The molecule has 4 rings (SSSR count). The van der Waals surface area contributed by atoms with Crippen LogP contribution in [0.1, 0.15) is 25.0 Å². The molecule has 4 heterocycles. The molecule has 44 heavy (non-hydrogen) atoms. The number of carbonyl (C=O) groups is 3. The highest BCUT2D eigenvalue weighted by Gasteiger charge is 2.21. The highest BCUT2D eigenvalue weighted by Crippen LogP contribution is 2.15. The predicted molar refractivity (Wildman–Crippen MR) is 168 cm³/mol. The minimum Gasteiger partial charge on any atom is -0.468 e. The van der Waals surface area contributed by atoms with Crippen molar-refractivity contribution < 1.29 is 19.1 Å². The van der Waals surface area contributed by atoms with Crippen molar-refractivity contribution in [1.82, 2.24) is 40.7 Å². The molecule has 4 aromatic rings. The van der Waals surface area contributed by atoms with Crippen LogP contribution in [0.2, 0.25) is 0 Å². The molecule has 0 fully saturated rings. The second-order valence-corrected chi connectivity index (χ2v) is 10.3. The fourth-order valence-electron chi connectivity index (χ4n) is 4.27. The molecule has 0 unspecified atom stereocenters. The Kier molecular flexibility index (Phi) is 12.0. The van der Waals surface area contributed by atoms with Gasteiger partial charge in [0.2, 0.25) is 11.8 Å². The van der Waals surface area contributed by atoms with Gasteiger partial charge in [-0.05, 0) is 61.7 Å². The fraction of sp³-hybridized carbons (Fsp3) is 0.290. The zero-order valence-electron chi connectivity index (χ0n) is 24.3. The van der Waals surface area contributed by atoms with E-state index in [1.165, 1.54) is 11.8 Å². The quantitative estimate of drug-likeness (QED) is 0.103. The molecule has 228 valence electrons. The van der Waals surface area contributed by atoms with Crippen molar-refractivity contribution in [2.45, 2.75) is 38.3 Å². The van der Waals surface area contributed by atoms with Crippen LogP contribution in [0.3, 0.4) is 0 Å². The standard InChI is InChI=1S/C31H34N8O4S/c1-43-30(41)20-35-31(42)27(37-28(40)21-39-18-14-26(38-39)24-11-3-6-16-33-24)12-4-7-17-34-29(44)19-22-9-8-13-25(36-22)23-10-2-5-15-32-23/h2-3,5-6,8-11,13-16,18,27H,4,7,12,17,19-21H2,1H3,(H,34,44)(H,35,42)(H,37,40)/t27-/m0/s1. The van der Waals surface area contributed by atoms with Crippen LogP contribution in [0.4, 0.5) is 0 Å². The van der Waals surface area contributed by atoms with Crippen molar-refractivity contribution in [3.63, 3.8) is 0 Å². The van der Waals surface area contributed by atoms with Crippen LogP contribution < -0.4 is 16.0 Å². The normalized spacial score (nSPS) is 11.3. The largest absolute Gasteiger partial charge is 0.468 e. The maximum atomic E-state index is 12.8. The van der Waals surface area contributed by atoms with Crippen molar-refractivity contribution >= 4 is 35.0 Å². The van der Waals surface area contributed by atoms with E-state index in [2.05, 4.69) is 40.7 Å². The van der Waals surface area contributed by atoms with Crippen molar-refractivity contribution in [3.8, 4) is 22.8 Å². The Morgan fingerprint density at radius 3 is 2.32 bits per heavy atom. The minimum absolute atomic E-state index is 0.0843. The topological polar surface area (TPSA) is 153 Å². The van der Waals surface area contributed by atoms with Gasteiger partial charge in [0.25, 0.3) is 0 Å². The summed E-state index contributed by atoms with van der Waals surface area (Å²) in [6.07, 6.45) is 7.24. The average Bonchev–Trinajstić information content (AvgIpc) is 3.52. The Morgan fingerprint density at radius 2 is 1.61 bits per heavy atom. The van der Waals surface area contributed by atoms with Crippen LogP contribution in [0.15, 0.2) is 79.3 Å². The third-order valence-electron chi connectivity index (χ3n) is 6.48. The predicted octanol–water partition coefficient (Wildman–Crippen LogP) is 2.51. The summed E-state index contributed by atoms with van der Waals surface area (Å²) in [5.41, 5.74) is 3.73. The van der Waals surface area contributed by atoms with E-state index in [1.807, 2.05) is 54.6 Å². The van der Waals surface area contributed by atoms with E-state index in [9.17, 15) is 14.4 Å². The number of esters is 1. The molecule has 0 saturated heterocycles. The maximum absolute atomic E-state index is 12.8. The van der Waals surface area contributed by atoms with E-state index < -0.39 is 23.8 Å². The lowest BCUT2D eigenvalue weighted by Gasteiger charge is -2.18. The first-order chi connectivity index (χ1) is 21.4. The first-order valence-electron chi connectivity index (χ1n) is 14.1. The number of thiocarbonyl (C=S) groups is 1. The van der Waals surface area contributed by atoms with Crippen LogP contribution in [0.25, 0.3) is 22.8 Å². The molecule has 1 atom stereocenters. The first-order valence-corrected chi connectivity index (χ1v) is 14.5. The second kappa shape index (κ2) is 16.6. The van der Waals surface area contributed by atoms with Crippen LogP contribution in [-0.4, -0.2) is 73.7 Å². The summed E-state index contributed by atoms with van der Waals surface area (Å²) in [7, 11) is 1.24. The van der Waals surface area contributed by atoms with Crippen LogP contribution in [0, 0.1) is 0 Å². The van der Waals surface area contributed by atoms with Crippen molar-refractivity contribution in [3.05, 3.63) is 84.9 Å². The molecular formula is C31H34N8O4S. The Hall–Kier alpha value is -5.04. The van der Waals surface area contributed by atoms with Gasteiger partial charge in [0.1, 0.15) is 24.8 Å². The van der Waals surface area contributed by atoms with Crippen molar-refractivity contribution in [2.24, 2.45) is 0 Å². The average molecular weight is 615 g/mol. The molecule has 0 saturated carbocycles. The number of nitrogens with one attached hydrogen (secondary N) is 3. The number of hydrogen-bond acceptors (Lipinski definition) is 9. The molecule has 12 nitrogen and oxygen atoms in total. The van der Waals surface area contributed by atoms with Gasteiger partial charge in [0.15, 0.2) is 0 Å². The summed E-state index contributed by atoms with van der Waals surface area (Å²) in [6.45, 7) is 0.214. The van der Waals surface area contributed by atoms with Gasteiger partial charge in [-0.2, -0.15) is 5.10 Å². The number of ether oxygens (including phenoxy) is 1. The van der Waals surface area contributed by atoms with E-state index in [4.69, 9.17) is 12.2 Å². The molecule has 0 bridgehead atoms. The van der Waals surface area contributed by atoms with E-state index >= 15 is 0 Å². The van der Waals surface area contributed by atoms with Gasteiger partial charge in [-0.1, -0.05) is 30.4 Å². The van der Waals surface area contributed by atoms with Gasteiger partial charge in [0, 0.05) is 37.3 Å². The number of hydrogen-bond donors (Lipinski definition) is 3. The summed E-state index contributed by atoms with van der Waals surface area (Å²) in [6, 6.07) is 17.9. The number of amides is 2. The minimum atomic E-state index is -0.844. The monoisotopic (exact) mass is 614 g/mol. The summed E-state index contributed by atoms with van der Waals surface area (Å²) < 4.78 is 6.08. The van der Waals surface area contributed by atoms with Crippen LogP contribution in [-0.2, 0) is 32.1 Å². The molecule has 3 N–H and O–H groups in total. The Bertz CT molecular complexity index is 1550. The highest BCUT2D eigenvalue weighted by atomic mass is 32.1. The van der Waals surface area contributed by atoms with Crippen molar-refractivity contribution in [1.29, 1.82) is 0 Å². The van der Waals surface area contributed by atoms with Crippen molar-refractivity contribution in [2.75, 3.05) is 20.2 Å². The number of nitrogens with zero attached hydrogens (tertiary/aromatic N) is 5. The molecule has 2 amide bonds. The molecule has 0 aliphatic heterocycles. The molecular weight excluding hydrogens is 580 g/mol. The number of unbranched alkanes of at least 4 members (excludes halogenated alkanes) is 1. The molecule has 0 radical (unpaired) electrons. The highest BCUT2D eigenvalue weighted by molar-refractivity contribution is 7.80. The summed E-state index contributed by atoms with van der Waals surface area (Å²) in [5.74, 6) is -1.45. The molecule has 0 aliphatic carbocycles. The zero-order valence-corrected chi connectivity index (χ0v) is 25.1. The summed E-state index contributed by atoms with van der Waals surface area (Å²) >= 11 is 5.52. The number of carbonyl (C=O) groups excluding carboxylic acids is 3. The zero-order chi connectivity index (χ0) is 31.1. The molecule has 13 heteroatoms. The van der Waals surface area contributed by atoms with Gasteiger partial charge in [-0.15, -0.1) is 0 Å². The molecule has 0 aromatic carbocycles. The SMILES string of the molecule is COC(=O)CNC(=O)[C@H](CCCCNC(=S)Cc1cccc(-c2ccccn2)n1)NC(=O)Cn1ccc(-c2ccccn2)n1. The summed E-state index contributed by atoms with van der Waals surface area (Å²) in [5, 5.41) is 12.9. The Morgan fingerprint density at radius 1 is 0.886 bits per heavy atom. The van der Waals surface area contributed by atoms with E-state index in [1.54, 1.807) is 24.7 Å². The number of aromatic nitrogens is 5. The summed E-state index contributed by atoms with van der Waals surface area (Å²) in [4.78, 5) is 51.1. The third-order valence-corrected chi connectivity index (χ3v) is 6.77. The van der Waals surface area contributed by atoms with Crippen LogP contribution >= 0.6 is 12.2 Å². The molecule has 4 aromatic heterocycles. The number of pyridine rings is 3. The lowest BCUT2D eigenvalue weighted by atomic mass is 10.1. The first kappa shape index (κ1) is 31.9. The third kappa shape index (κ3) is 10.1. The second-order valence-electron chi connectivity index (χ2n) is 9.78. The maximum Gasteiger partial charge on any atom is 0.325 e. The molecule has 0 spiro atoms. The van der Waals surface area contributed by atoms with Gasteiger partial charge in [-0.3, -0.25) is 34.0 Å². The lowest BCUT2D eigenvalue weighted by molar-refractivity contribution is -0.141. The fourth-order valence-corrected chi connectivity index (χ4v) is 4.52. The van der Waals surface area contributed by atoms with Gasteiger partial charge >= 0.3 is 5.97 Å². The van der Waals surface area contributed by atoms with Gasteiger partial charge < -0.3 is 20.7 Å². The van der Waals surface area contributed by atoms with Gasteiger partial charge in [0.05, 0.1) is 29.2 Å². The smallest absolute Gasteiger partial charge is 0.325 e. The van der Waals surface area contributed by atoms with E-state index in [0.29, 0.717) is 48.6 Å². The Balaban J connectivity index is 1.25. The number of methoxy groups -OCH3 is 1. The lowest BCUT2D eigenvalue weighted by Crippen LogP contribution is -2.48. The Labute approximate surface area is 260 Å². The number of rotatable bonds is 15.